The lowest BCUT2D eigenvalue weighted by atomic mass is 9.93. The van der Waals surface area contributed by atoms with Gasteiger partial charge in [0.1, 0.15) is 0 Å². The van der Waals surface area contributed by atoms with E-state index in [4.69, 9.17) is 4.74 Å². The number of hydrogen-bond acceptors (Lipinski definition) is 3. The van der Waals surface area contributed by atoms with Gasteiger partial charge >= 0.3 is 5.69 Å². The number of hydrogen-bond donors (Lipinski definition) is 0. The summed E-state index contributed by atoms with van der Waals surface area (Å²) in [6.07, 6.45) is 1.80. The van der Waals surface area contributed by atoms with Crippen LogP contribution in [0.4, 0.5) is 5.69 Å². The maximum absolute atomic E-state index is 11.0. The molecule has 1 aromatic carbocycles. The minimum absolute atomic E-state index is 0.0364. The van der Waals surface area contributed by atoms with E-state index in [1.807, 2.05) is 13.0 Å². The molecule has 0 radical (unpaired) electrons. The molecule has 0 saturated heterocycles. The van der Waals surface area contributed by atoms with E-state index < -0.39 is 4.92 Å². The summed E-state index contributed by atoms with van der Waals surface area (Å²) in [7, 11) is 0. The average molecular weight is 330 g/mol. The molecule has 19 heavy (non-hydrogen) atoms. The van der Waals surface area contributed by atoms with Crippen LogP contribution in [0.2, 0.25) is 0 Å². The van der Waals surface area contributed by atoms with Gasteiger partial charge in [-0.3, -0.25) is 10.1 Å². The lowest BCUT2D eigenvalue weighted by Crippen LogP contribution is -2.09. The average Bonchev–Trinajstić information content (AvgIpc) is 2.36. The van der Waals surface area contributed by atoms with E-state index in [0.29, 0.717) is 23.1 Å². The predicted octanol–water partition coefficient (Wildman–Crippen LogP) is 4.66. The summed E-state index contributed by atoms with van der Waals surface area (Å²) in [6, 6.07) is 5.17. The van der Waals surface area contributed by atoms with Crippen molar-refractivity contribution >= 4 is 21.6 Å². The minimum atomic E-state index is -0.396. The largest absolute Gasteiger partial charge is 0.487 e. The van der Waals surface area contributed by atoms with Crippen LogP contribution >= 0.6 is 15.9 Å². The monoisotopic (exact) mass is 329 g/mol. The van der Waals surface area contributed by atoms with Gasteiger partial charge in [0.15, 0.2) is 5.75 Å². The molecule has 5 heteroatoms. The maximum Gasteiger partial charge on any atom is 0.310 e. The van der Waals surface area contributed by atoms with Gasteiger partial charge in [-0.05, 0) is 30.4 Å². The molecule has 0 aromatic heterocycles. The Hall–Kier alpha value is -1.10. The smallest absolute Gasteiger partial charge is 0.310 e. The van der Waals surface area contributed by atoms with Gasteiger partial charge in [-0.2, -0.15) is 0 Å². The topological polar surface area (TPSA) is 52.4 Å². The van der Waals surface area contributed by atoms with Gasteiger partial charge in [0.2, 0.25) is 0 Å². The summed E-state index contributed by atoms with van der Waals surface area (Å²) in [6.45, 7) is 6.66. The van der Waals surface area contributed by atoms with Gasteiger partial charge in [0.25, 0.3) is 0 Å². The van der Waals surface area contributed by atoms with Gasteiger partial charge in [-0.25, -0.2) is 0 Å². The molecule has 106 valence electrons. The molecule has 0 N–H and O–H groups in total. The Balaban J connectivity index is 3.12. The van der Waals surface area contributed by atoms with Crippen molar-refractivity contribution in [1.29, 1.82) is 0 Å². The second-order valence-electron chi connectivity index (χ2n) is 4.53. The molecule has 2 atom stereocenters. The van der Waals surface area contributed by atoms with E-state index in [1.54, 1.807) is 12.1 Å². The molecule has 4 nitrogen and oxygen atoms in total. The Bertz CT molecular complexity index is 435. The third kappa shape index (κ3) is 4.20. The summed E-state index contributed by atoms with van der Waals surface area (Å²) in [5, 5.41) is 11.0. The SMILES string of the molecule is CCCOc1cc(C(CC)C(C)Br)ccc1[N+](=O)[O-]. The van der Waals surface area contributed by atoms with E-state index in [0.717, 1.165) is 18.4 Å². The van der Waals surface area contributed by atoms with Crippen LogP contribution in [0.15, 0.2) is 18.2 Å². The fraction of sp³-hybridized carbons (Fsp3) is 0.571. The molecule has 0 aliphatic carbocycles. The van der Waals surface area contributed by atoms with Gasteiger partial charge in [0, 0.05) is 10.9 Å². The number of ether oxygens (including phenoxy) is 1. The summed E-state index contributed by atoms with van der Waals surface area (Å²) < 4.78 is 5.51. The van der Waals surface area contributed by atoms with E-state index >= 15 is 0 Å². The van der Waals surface area contributed by atoms with Crippen molar-refractivity contribution in [2.75, 3.05) is 6.61 Å². The Morgan fingerprint density at radius 3 is 2.58 bits per heavy atom. The van der Waals surface area contributed by atoms with Crippen LogP contribution in [-0.2, 0) is 0 Å². The zero-order valence-electron chi connectivity index (χ0n) is 11.6. The molecule has 0 bridgehead atoms. The van der Waals surface area contributed by atoms with E-state index in [1.165, 1.54) is 0 Å². The Labute approximate surface area is 122 Å². The van der Waals surface area contributed by atoms with Crippen molar-refractivity contribution in [1.82, 2.24) is 0 Å². The molecule has 1 aromatic rings. The number of nitrogens with zero attached hydrogens (tertiary/aromatic N) is 1. The van der Waals surface area contributed by atoms with Crippen LogP contribution in [0.3, 0.4) is 0 Å². The van der Waals surface area contributed by atoms with Crippen molar-refractivity contribution in [3.05, 3.63) is 33.9 Å². The number of rotatable bonds is 7. The Morgan fingerprint density at radius 2 is 2.11 bits per heavy atom. The van der Waals surface area contributed by atoms with Crippen LogP contribution in [0, 0.1) is 10.1 Å². The zero-order valence-corrected chi connectivity index (χ0v) is 13.1. The van der Waals surface area contributed by atoms with Gasteiger partial charge < -0.3 is 4.74 Å². The summed E-state index contributed by atoms with van der Waals surface area (Å²) >= 11 is 3.59. The van der Waals surface area contributed by atoms with Gasteiger partial charge in [-0.1, -0.05) is 42.8 Å². The second-order valence-corrected chi connectivity index (χ2v) is 5.97. The van der Waals surface area contributed by atoms with Crippen LogP contribution in [0.25, 0.3) is 0 Å². The highest BCUT2D eigenvalue weighted by molar-refractivity contribution is 9.09. The highest BCUT2D eigenvalue weighted by Gasteiger charge is 2.20. The van der Waals surface area contributed by atoms with Crippen LogP contribution < -0.4 is 4.74 Å². The predicted molar refractivity (Wildman–Crippen MR) is 80.3 cm³/mol. The first kappa shape index (κ1) is 16.0. The fourth-order valence-electron chi connectivity index (χ4n) is 2.07. The molecule has 0 amide bonds. The van der Waals surface area contributed by atoms with E-state index in [2.05, 4.69) is 29.8 Å². The van der Waals surface area contributed by atoms with Crippen LogP contribution in [-0.4, -0.2) is 16.4 Å². The van der Waals surface area contributed by atoms with E-state index in [9.17, 15) is 10.1 Å². The maximum atomic E-state index is 11.0. The van der Waals surface area contributed by atoms with Crippen LogP contribution in [0.1, 0.15) is 45.1 Å². The molecule has 0 heterocycles. The highest BCUT2D eigenvalue weighted by Crippen LogP contribution is 2.35. The number of nitro groups is 1. The summed E-state index contributed by atoms with van der Waals surface area (Å²) in [5.41, 5.74) is 1.11. The summed E-state index contributed by atoms with van der Waals surface area (Å²) in [5.74, 6) is 0.695. The van der Waals surface area contributed by atoms with Crippen molar-refractivity contribution in [3.63, 3.8) is 0 Å². The van der Waals surface area contributed by atoms with Crippen molar-refractivity contribution < 1.29 is 9.66 Å². The molecular weight excluding hydrogens is 310 g/mol. The quantitative estimate of drug-likeness (QED) is 0.415. The molecule has 0 fully saturated rings. The third-order valence-corrected chi connectivity index (χ3v) is 3.70. The normalized spacial score (nSPS) is 13.9. The first-order valence-corrected chi connectivity index (χ1v) is 7.48. The molecule has 2 unspecified atom stereocenters. The number of benzene rings is 1. The first-order valence-electron chi connectivity index (χ1n) is 6.56. The molecular formula is C14H20BrNO3. The fourth-order valence-corrected chi connectivity index (χ4v) is 2.74. The van der Waals surface area contributed by atoms with Crippen molar-refractivity contribution in [2.24, 2.45) is 0 Å². The molecule has 0 spiro atoms. The van der Waals surface area contributed by atoms with E-state index in [-0.39, 0.29) is 5.69 Å². The van der Waals surface area contributed by atoms with Gasteiger partial charge in [-0.15, -0.1) is 0 Å². The number of alkyl halides is 1. The lowest BCUT2D eigenvalue weighted by molar-refractivity contribution is -0.385. The Kier molecular flexibility index (Phi) is 6.28. The van der Waals surface area contributed by atoms with Crippen LogP contribution in [0.5, 0.6) is 5.75 Å². The molecule has 0 aliphatic heterocycles. The van der Waals surface area contributed by atoms with Crippen molar-refractivity contribution in [2.45, 2.75) is 44.4 Å². The third-order valence-electron chi connectivity index (χ3n) is 3.06. The molecule has 0 saturated carbocycles. The van der Waals surface area contributed by atoms with Crippen molar-refractivity contribution in [3.8, 4) is 5.75 Å². The van der Waals surface area contributed by atoms with Gasteiger partial charge in [0.05, 0.1) is 11.5 Å². The number of nitro benzene ring substituents is 1. The standard InChI is InChI=1S/C14H20BrNO3/c1-4-8-19-14-9-11(12(5-2)10(3)15)6-7-13(14)16(17)18/h6-7,9-10,12H,4-5,8H2,1-3H3. The highest BCUT2D eigenvalue weighted by atomic mass is 79.9. The lowest BCUT2D eigenvalue weighted by Gasteiger charge is -2.19. The second kappa shape index (κ2) is 7.48. The summed E-state index contributed by atoms with van der Waals surface area (Å²) in [4.78, 5) is 10.9. The first-order chi connectivity index (χ1) is 9.01. The Morgan fingerprint density at radius 1 is 1.42 bits per heavy atom. The molecule has 1 rings (SSSR count). The number of halogens is 1. The molecule has 0 aliphatic rings. The minimum Gasteiger partial charge on any atom is -0.487 e. The zero-order chi connectivity index (χ0) is 14.4.